The molecule has 1 aliphatic carbocycles. The highest BCUT2D eigenvalue weighted by molar-refractivity contribution is 5.86. The highest BCUT2D eigenvalue weighted by Crippen LogP contribution is 2.39. The third kappa shape index (κ3) is 1.63. The van der Waals surface area contributed by atoms with E-state index in [1.54, 1.807) is 0 Å². The predicted octanol–water partition coefficient (Wildman–Crippen LogP) is 2.79. The zero-order valence-electron chi connectivity index (χ0n) is 7.81. The summed E-state index contributed by atoms with van der Waals surface area (Å²) in [6.45, 7) is 6.14. The van der Waals surface area contributed by atoms with E-state index in [1.165, 1.54) is 12.8 Å². The van der Waals surface area contributed by atoms with Crippen molar-refractivity contribution >= 4 is 5.78 Å². The lowest BCUT2D eigenvalue weighted by atomic mass is 9.79. The van der Waals surface area contributed by atoms with Crippen LogP contribution < -0.4 is 0 Å². The maximum absolute atomic E-state index is 11.7. The van der Waals surface area contributed by atoms with Gasteiger partial charge in [0.2, 0.25) is 0 Å². The van der Waals surface area contributed by atoms with Crippen molar-refractivity contribution in [3.63, 3.8) is 0 Å². The van der Waals surface area contributed by atoms with Gasteiger partial charge in [0.15, 0.2) is 0 Å². The lowest BCUT2D eigenvalue weighted by molar-refractivity contribution is -0.130. The van der Waals surface area contributed by atoms with Gasteiger partial charge in [-0.2, -0.15) is 0 Å². The molecule has 0 bridgehead atoms. The Morgan fingerprint density at radius 1 is 1.27 bits per heavy atom. The van der Waals surface area contributed by atoms with Crippen LogP contribution >= 0.6 is 0 Å². The van der Waals surface area contributed by atoms with Crippen LogP contribution in [0.25, 0.3) is 0 Å². The first-order chi connectivity index (χ1) is 5.06. The molecule has 1 fully saturated rings. The van der Waals surface area contributed by atoms with Gasteiger partial charge in [-0.1, -0.05) is 33.6 Å². The lowest BCUT2D eigenvalue weighted by Gasteiger charge is -2.23. The topological polar surface area (TPSA) is 17.1 Å². The van der Waals surface area contributed by atoms with E-state index in [2.05, 4.69) is 6.92 Å². The van der Waals surface area contributed by atoms with Crippen LogP contribution in [0.2, 0.25) is 0 Å². The van der Waals surface area contributed by atoms with E-state index in [0.29, 0.717) is 5.78 Å². The van der Waals surface area contributed by atoms with Crippen LogP contribution in [0.15, 0.2) is 0 Å². The van der Waals surface area contributed by atoms with Gasteiger partial charge in [0, 0.05) is 11.3 Å². The molecule has 64 valence electrons. The summed E-state index contributed by atoms with van der Waals surface area (Å²) >= 11 is 0. The van der Waals surface area contributed by atoms with Gasteiger partial charge in [-0.15, -0.1) is 0 Å². The van der Waals surface area contributed by atoms with Crippen molar-refractivity contribution in [1.82, 2.24) is 0 Å². The summed E-state index contributed by atoms with van der Waals surface area (Å²) in [6.07, 6.45) is 4.72. The van der Waals surface area contributed by atoms with Gasteiger partial charge in [-0.05, 0) is 12.8 Å². The van der Waals surface area contributed by atoms with Crippen molar-refractivity contribution in [1.29, 1.82) is 0 Å². The minimum Gasteiger partial charge on any atom is -0.299 e. The summed E-state index contributed by atoms with van der Waals surface area (Å²) < 4.78 is 0. The number of hydrogen-bond acceptors (Lipinski definition) is 1. The van der Waals surface area contributed by atoms with Crippen molar-refractivity contribution in [2.45, 2.75) is 46.5 Å². The van der Waals surface area contributed by atoms with E-state index in [-0.39, 0.29) is 11.3 Å². The van der Waals surface area contributed by atoms with Crippen LogP contribution in [0, 0.1) is 11.3 Å². The number of rotatable bonds is 2. The van der Waals surface area contributed by atoms with E-state index in [0.717, 1.165) is 12.8 Å². The lowest BCUT2D eigenvalue weighted by Crippen LogP contribution is -2.28. The summed E-state index contributed by atoms with van der Waals surface area (Å²) in [5.41, 5.74) is 0.0359. The molecule has 11 heavy (non-hydrogen) atoms. The van der Waals surface area contributed by atoms with Crippen molar-refractivity contribution in [2.75, 3.05) is 0 Å². The van der Waals surface area contributed by atoms with Crippen LogP contribution in [0.3, 0.4) is 0 Å². The average molecular weight is 154 g/mol. The largest absolute Gasteiger partial charge is 0.299 e. The Bertz CT molecular complexity index is 152. The third-order valence-corrected chi connectivity index (χ3v) is 2.83. The Morgan fingerprint density at radius 3 is 2.09 bits per heavy atom. The molecule has 0 N–H and O–H groups in total. The SMILES string of the molecule is CC(C)C(=O)C1(C)CCCC1. The standard InChI is InChI=1S/C10H18O/c1-8(2)9(11)10(3)6-4-5-7-10/h8H,4-7H2,1-3H3. The van der Waals surface area contributed by atoms with E-state index >= 15 is 0 Å². The first-order valence-electron chi connectivity index (χ1n) is 4.60. The molecule has 0 aromatic carbocycles. The van der Waals surface area contributed by atoms with Crippen LogP contribution in [-0.2, 0) is 4.79 Å². The van der Waals surface area contributed by atoms with Gasteiger partial charge in [0.25, 0.3) is 0 Å². The van der Waals surface area contributed by atoms with E-state index < -0.39 is 0 Å². The Kier molecular flexibility index (Phi) is 2.36. The normalized spacial score (nSPS) is 22.5. The average Bonchev–Trinajstić information content (AvgIpc) is 2.35. The van der Waals surface area contributed by atoms with Crippen LogP contribution in [-0.4, -0.2) is 5.78 Å². The molecule has 0 saturated heterocycles. The van der Waals surface area contributed by atoms with Gasteiger partial charge in [-0.25, -0.2) is 0 Å². The molecule has 0 aromatic heterocycles. The smallest absolute Gasteiger partial charge is 0.141 e. The Labute approximate surface area is 69.2 Å². The van der Waals surface area contributed by atoms with E-state index in [1.807, 2.05) is 13.8 Å². The summed E-state index contributed by atoms with van der Waals surface area (Å²) in [6, 6.07) is 0. The minimum atomic E-state index is 0.0359. The zero-order chi connectivity index (χ0) is 8.48. The van der Waals surface area contributed by atoms with Crippen LogP contribution in [0.4, 0.5) is 0 Å². The molecule has 0 atom stereocenters. The second-order valence-corrected chi connectivity index (χ2v) is 4.29. The fourth-order valence-electron chi connectivity index (χ4n) is 2.10. The molecular formula is C10H18O. The second kappa shape index (κ2) is 2.96. The van der Waals surface area contributed by atoms with Crippen molar-refractivity contribution in [3.05, 3.63) is 0 Å². The summed E-state index contributed by atoms with van der Waals surface area (Å²) in [4.78, 5) is 11.7. The Balaban J connectivity index is 2.64. The van der Waals surface area contributed by atoms with Crippen molar-refractivity contribution < 1.29 is 4.79 Å². The molecular weight excluding hydrogens is 136 g/mol. The Hall–Kier alpha value is -0.330. The summed E-state index contributed by atoms with van der Waals surface area (Å²) in [7, 11) is 0. The Morgan fingerprint density at radius 2 is 1.73 bits per heavy atom. The van der Waals surface area contributed by atoms with Crippen LogP contribution in [0.1, 0.15) is 46.5 Å². The maximum Gasteiger partial charge on any atom is 0.141 e. The van der Waals surface area contributed by atoms with Crippen molar-refractivity contribution in [3.8, 4) is 0 Å². The molecule has 0 amide bonds. The molecule has 1 nitrogen and oxygen atoms in total. The van der Waals surface area contributed by atoms with Gasteiger partial charge in [-0.3, -0.25) is 4.79 Å². The highest BCUT2D eigenvalue weighted by atomic mass is 16.1. The third-order valence-electron chi connectivity index (χ3n) is 2.83. The van der Waals surface area contributed by atoms with E-state index in [4.69, 9.17) is 0 Å². The number of Topliss-reactive ketones (excluding diaryl/α,β-unsaturated/α-hetero) is 1. The molecule has 1 aliphatic rings. The molecule has 1 rings (SSSR count). The second-order valence-electron chi connectivity index (χ2n) is 4.29. The zero-order valence-corrected chi connectivity index (χ0v) is 7.81. The first kappa shape index (κ1) is 8.76. The van der Waals surface area contributed by atoms with Gasteiger partial charge >= 0.3 is 0 Å². The number of ketones is 1. The van der Waals surface area contributed by atoms with E-state index in [9.17, 15) is 4.79 Å². The molecule has 0 unspecified atom stereocenters. The van der Waals surface area contributed by atoms with Crippen molar-refractivity contribution in [2.24, 2.45) is 11.3 Å². The number of carbonyl (C=O) groups excluding carboxylic acids is 1. The molecule has 0 radical (unpaired) electrons. The molecule has 1 heteroatoms. The number of carbonyl (C=O) groups is 1. The summed E-state index contributed by atoms with van der Waals surface area (Å²) in [5, 5.41) is 0. The van der Waals surface area contributed by atoms with Crippen LogP contribution in [0.5, 0.6) is 0 Å². The molecule has 0 spiro atoms. The molecule has 0 aromatic rings. The first-order valence-corrected chi connectivity index (χ1v) is 4.60. The predicted molar refractivity (Wildman–Crippen MR) is 46.4 cm³/mol. The molecule has 1 saturated carbocycles. The monoisotopic (exact) mass is 154 g/mol. The number of hydrogen-bond donors (Lipinski definition) is 0. The fourth-order valence-corrected chi connectivity index (χ4v) is 2.10. The fraction of sp³-hybridized carbons (Fsp3) is 0.900. The van der Waals surface area contributed by atoms with Gasteiger partial charge in [0.1, 0.15) is 5.78 Å². The minimum absolute atomic E-state index is 0.0359. The van der Waals surface area contributed by atoms with Gasteiger partial charge < -0.3 is 0 Å². The quantitative estimate of drug-likeness (QED) is 0.597. The summed E-state index contributed by atoms with van der Waals surface area (Å²) in [5.74, 6) is 0.688. The van der Waals surface area contributed by atoms with Gasteiger partial charge in [0.05, 0.1) is 0 Å². The maximum atomic E-state index is 11.7. The highest BCUT2D eigenvalue weighted by Gasteiger charge is 2.36. The molecule has 0 heterocycles. The molecule has 0 aliphatic heterocycles.